The Morgan fingerprint density at radius 2 is 2.33 bits per heavy atom. The molecule has 1 amide bonds. The van der Waals surface area contributed by atoms with Gasteiger partial charge in [-0.1, -0.05) is 6.92 Å². The first kappa shape index (κ1) is 12.5. The van der Waals surface area contributed by atoms with E-state index in [2.05, 4.69) is 23.8 Å². The molecule has 0 aliphatic carbocycles. The van der Waals surface area contributed by atoms with Gasteiger partial charge < -0.3 is 10.6 Å². The van der Waals surface area contributed by atoms with Crippen LogP contribution in [0.25, 0.3) is 0 Å². The number of nitrogens with two attached hydrogens (primary N) is 1. The van der Waals surface area contributed by atoms with Crippen LogP contribution in [0.4, 0.5) is 0 Å². The number of rotatable bonds is 6. The fourth-order valence-electron chi connectivity index (χ4n) is 2.27. The van der Waals surface area contributed by atoms with Crippen molar-refractivity contribution in [1.29, 1.82) is 0 Å². The van der Waals surface area contributed by atoms with Crippen molar-refractivity contribution >= 4 is 5.91 Å². The third-order valence-electron chi connectivity index (χ3n) is 3.17. The Labute approximate surface area is 92.4 Å². The lowest BCUT2D eigenvalue weighted by molar-refractivity contribution is -0.118. The molecule has 4 heteroatoms. The van der Waals surface area contributed by atoms with Gasteiger partial charge in [-0.25, -0.2) is 0 Å². The largest absolute Gasteiger partial charge is 0.370 e. The lowest BCUT2D eigenvalue weighted by atomic mass is 10.2. The lowest BCUT2D eigenvalue weighted by Crippen LogP contribution is -2.39. The zero-order chi connectivity index (χ0) is 11.3. The summed E-state index contributed by atoms with van der Waals surface area (Å²) in [4.78, 5) is 15.4. The van der Waals surface area contributed by atoms with E-state index in [1.807, 2.05) is 0 Å². The molecule has 4 nitrogen and oxygen atoms in total. The zero-order valence-corrected chi connectivity index (χ0v) is 9.91. The van der Waals surface area contributed by atoms with Crippen molar-refractivity contribution in [3.05, 3.63) is 0 Å². The van der Waals surface area contributed by atoms with Crippen LogP contribution in [0.5, 0.6) is 0 Å². The molecule has 0 saturated carbocycles. The summed E-state index contributed by atoms with van der Waals surface area (Å²) in [5.41, 5.74) is 5.13. The van der Waals surface area contributed by atoms with Crippen LogP contribution >= 0.6 is 0 Å². The third-order valence-corrected chi connectivity index (χ3v) is 3.17. The number of carbonyl (C=O) groups is 1. The summed E-state index contributed by atoms with van der Waals surface area (Å²) in [6.45, 7) is 6.41. The first-order chi connectivity index (χ1) is 7.13. The summed E-state index contributed by atoms with van der Waals surface area (Å²) in [7, 11) is 2.06. The number of carbonyl (C=O) groups excluding carboxylic acids is 1. The van der Waals surface area contributed by atoms with Crippen LogP contribution in [0.15, 0.2) is 0 Å². The molecule has 1 aliphatic rings. The van der Waals surface area contributed by atoms with E-state index in [0.29, 0.717) is 12.5 Å². The fraction of sp³-hybridized carbons (Fsp3) is 0.909. The second kappa shape index (κ2) is 6.08. The lowest BCUT2D eigenvalue weighted by Gasteiger charge is -2.27. The Morgan fingerprint density at radius 3 is 2.93 bits per heavy atom. The van der Waals surface area contributed by atoms with E-state index >= 15 is 0 Å². The number of nitrogens with zero attached hydrogens (tertiary/aromatic N) is 2. The van der Waals surface area contributed by atoms with Gasteiger partial charge in [-0.3, -0.25) is 9.69 Å². The van der Waals surface area contributed by atoms with E-state index in [4.69, 9.17) is 5.73 Å². The smallest absolute Gasteiger partial charge is 0.218 e. The molecule has 15 heavy (non-hydrogen) atoms. The highest BCUT2D eigenvalue weighted by atomic mass is 16.1. The van der Waals surface area contributed by atoms with Crippen molar-refractivity contribution in [2.45, 2.75) is 32.2 Å². The summed E-state index contributed by atoms with van der Waals surface area (Å²) < 4.78 is 0. The molecule has 1 aliphatic heterocycles. The molecule has 1 heterocycles. The number of primary amides is 1. The molecule has 0 bridgehead atoms. The minimum atomic E-state index is -0.208. The van der Waals surface area contributed by atoms with Crippen molar-refractivity contribution in [3.8, 4) is 0 Å². The van der Waals surface area contributed by atoms with E-state index in [1.165, 1.54) is 19.4 Å². The molecule has 2 N–H and O–H groups in total. The highest BCUT2D eigenvalue weighted by molar-refractivity contribution is 5.73. The first-order valence-electron chi connectivity index (χ1n) is 5.84. The molecule has 1 atom stereocenters. The SMILES string of the molecule is CCN1CCCC1CN(C)CCC(N)=O. The second-order valence-corrected chi connectivity index (χ2v) is 4.40. The number of hydrogen-bond acceptors (Lipinski definition) is 3. The Hall–Kier alpha value is -0.610. The molecular weight excluding hydrogens is 190 g/mol. The van der Waals surface area contributed by atoms with Gasteiger partial charge in [0.2, 0.25) is 5.91 Å². The molecule has 1 saturated heterocycles. The van der Waals surface area contributed by atoms with E-state index in [-0.39, 0.29) is 5.91 Å². The molecule has 0 spiro atoms. The van der Waals surface area contributed by atoms with Gasteiger partial charge in [-0.2, -0.15) is 0 Å². The van der Waals surface area contributed by atoms with E-state index in [0.717, 1.165) is 19.6 Å². The van der Waals surface area contributed by atoms with Gasteiger partial charge in [0.1, 0.15) is 0 Å². The Kier molecular flexibility index (Phi) is 5.05. The summed E-state index contributed by atoms with van der Waals surface area (Å²) in [5, 5.41) is 0. The average molecular weight is 213 g/mol. The Morgan fingerprint density at radius 1 is 1.60 bits per heavy atom. The number of likely N-dealkylation sites (tertiary alicyclic amines) is 1. The highest BCUT2D eigenvalue weighted by Crippen LogP contribution is 2.17. The van der Waals surface area contributed by atoms with Crippen LogP contribution in [0, 0.1) is 0 Å². The van der Waals surface area contributed by atoms with Crippen LogP contribution in [0.3, 0.4) is 0 Å². The standard InChI is InChI=1S/C11H23N3O/c1-3-14-7-4-5-10(14)9-13(2)8-6-11(12)15/h10H,3-9H2,1-2H3,(H2,12,15). The molecule has 0 aromatic heterocycles. The van der Waals surface area contributed by atoms with Gasteiger partial charge in [-0.15, -0.1) is 0 Å². The average Bonchev–Trinajstić information content (AvgIpc) is 2.62. The molecular formula is C11H23N3O. The Bertz CT molecular complexity index is 208. The van der Waals surface area contributed by atoms with Crippen LogP contribution in [0.1, 0.15) is 26.2 Å². The van der Waals surface area contributed by atoms with Gasteiger partial charge in [0.05, 0.1) is 0 Å². The van der Waals surface area contributed by atoms with E-state index in [9.17, 15) is 4.79 Å². The second-order valence-electron chi connectivity index (χ2n) is 4.40. The van der Waals surface area contributed by atoms with Crippen molar-refractivity contribution in [2.75, 3.05) is 33.2 Å². The summed E-state index contributed by atoms with van der Waals surface area (Å²) >= 11 is 0. The topological polar surface area (TPSA) is 49.6 Å². The zero-order valence-electron chi connectivity index (χ0n) is 9.91. The summed E-state index contributed by atoms with van der Waals surface area (Å²) in [6, 6.07) is 0.674. The summed E-state index contributed by atoms with van der Waals surface area (Å²) in [5.74, 6) is -0.208. The van der Waals surface area contributed by atoms with Crippen LogP contribution in [-0.2, 0) is 4.79 Å². The molecule has 88 valence electrons. The minimum Gasteiger partial charge on any atom is -0.370 e. The van der Waals surface area contributed by atoms with Gasteiger partial charge in [0.15, 0.2) is 0 Å². The molecule has 0 aromatic rings. The van der Waals surface area contributed by atoms with Crippen LogP contribution < -0.4 is 5.73 Å². The maximum Gasteiger partial charge on any atom is 0.218 e. The maximum absolute atomic E-state index is 10.6. The maximum atomic E-state index is 10.6. The van der Waals surface area contributed by atoms with Gasteiger partial charge in [0, 0.05) is 25.6 Å². The molecule has 0 aromatic carbocycles. The van der Waals surface area contributed by atoms with Crippen molar-refractivity contribution < 1.29 is 4.79 Å². The van der Waals surface area contributed by atoms with Gasteiger partial charge >= 0.3 is 0 Å². The number of amides is 1. The van der Waals surface area contributed by atoms with Gasteiger partial charge in [-0.05, 0) is 33.0 Å². The third kappa shape index (κ3) is 4.18. The quantitative estimate of drug-likeness (QED) is 0.689. The minimum absolute atomic E-state index is 0.208. The predicted molar refractivity (Wildman–Crippen MR) is 61.6 cm³/mol. The number of likely N-dealkylation sites (N-methyl/N-ethyl adjacent to an activating group) is 2. The molecule has 1 rings (SSSR count). The van der Waals surface area contributed by atoms with E-state index in [1.54, 1.807) is 0 Å². The van der Waals surface area contributed by atoms with Crippen LogP contribution in [-0.4, -0.2) is 55.0 Å². The van der Waals surface area contributed by atoms with Crippen molar-refractivity contribution in [2.24, 2.45) is 5.73 Å². The Balaban J connectivity index is 2.24. The van der Waals surface area contributed by atoms with E-state index < -0.39 is 0 Å². The monoisotopic (exact) mass is 213 g/mol. The first-order valence-corrected chi connectivity index (χ1v) is 5.84. The van der Waals surface area contributed by atoms with Gasteiger partial charge in [0.25, 0.3) is 0 Å². The van der Waals surface area contributed by atoms with Crippen molar-refractivity contribution in [3.63, 3.8) is 0 Å². The number of hydrogen-bond donors (Lipinski definition) is 1. The predicted octanol–water partition coefficient (Wildman–Crippen LogP) is 0.278. The van der Waals surface area contributed by atoms with Crippen LogP contribution in [0.2, 0.25) is 0 Å². The van der Waals surface area contributed by atoms with Crippen molar-refractivity contribution in [1.82, 2.24) is 9.80 Å². The fourth-order valence-corrected chi connectivity index (χ4v) is 2.27. The normalized spacial score (nSPS) is 22.5. The molecule has 1 unspecified atom stereocenters. The molecule has 0 radical (unpaired) electrons. The highest BCUT2D eigenvalue weighted by Gasteiger charge is 2.23. The molecule has 1 fully saturated rings. The summed E-state index contributed by atoms with van der Waals surface area (Å²) in [6.07, 6.45) is 3.06.